The molecule has 4 rings (SSSR count). The Morgan fingerprint density at radius 3 is 2.68 bits per heavy atom. The number of aromatic nitrogens is 2. The first-order valence-electron chi connectivity index (χ1n) is 9.57. The molecule has 0 spiro atoms. The van der Waals surface area contributed by atoms with Crippen LogP contribution in [-0.4, -0.2) is 45.9 Å². The first-order chi connectivity index (χ1) is 13.6. The molecule has 0 saturated carbocycles. The Morgan fingerprint density at radius 2 is 1.93 bits per heavy atom. The lowest BCUT2D eigenvalue weighted by Crippen LogP contribution is -2.45. The number of pyridine rings is 1. The fourth-order valence-corrected chi connectivity index (χ4v) is 3.69. The van der Waals surface area contributed by atoms with Gasteiger partial charge < -0.3 is 14.4 Å². The van der Waals surface area contributed by atoms with E-state index in [1.54, 1.807) is 7.11 Å². The molecule has 1 saturated heterocycles. The number of methoxy groups -OCH3 is 1. The van der Waals surface area contributed by atoms with Crippen molar-refractivity contribution in [1.82, 2.24) is 15.0 Å². The lowest BCUT2D eigenvalue weighted by atomic mass is 9.87. The number of ether oxygens (including phenoxy) is 1. The van der Waals surface area contributed by atoms with Gasteiger partial charge in [0.1, 0.15) is 17.2 Å². The van der Waals surface area contributed by atoms with Crippen LogP contribution in [0.2, 0.25) is 0 Å². The van der Waals surface area contributed by atoms with Crippen molar-refractivity contribution in [2.75, 3.05) is 20.2 Å². The van der Waals surface area contributed by atoms with Crippen molar-refractivity contribution >= 4 is 0 Å². The normalized spacial score (nSPS) is 16.8. The highest BCUT2D eigenvalue weighted by Crippen LogP contribution is 2.29. The third-order valence-electron chi connectivity index (χ3n) is 5.37. The van der Waals surface area contributed by atoms with E-state index in [0.29, 0.717) is 25.0 Å². The third-order valence-corrected chi connectivity index (χ3v) is 5.37. The van der Waals surface area contributed by atoms with E-state index in [1.807, 2.05) is 54.9 Å². The van der Waals surface area contributed by atoms with Crippen LogP contribution in [0, 0.1) is 0 Å². The van der Waals surface area contributed by atoms with Gasteiger partial charge in [0.05, 0.1) is 12.7 Å². The Kier molecular flexibility index (Phi) is 5.41. The fraction of sp³-hybridized carbons (Fsp3) is 0.364. The van der Waals surface area contributed by atoms with E-state index < -0.39 is 5.60 Å². The Hall–Kier alpha value is -2.70. The van der Waals surface area contributed by atoms with Gasteiger partial charge in [-0.3, -0.25) is 9.88 Å². The Balaban J connectivity index is 1.36. The van der Waals surface area contributed by atoms with E-state index in [-0.39, 0.29) is 0 Å². The predicted molar refractivity (Wildman–Crippen MR) is 106 cm³/mol. The van der Waals surface area contributed by atoms with Crippen molar-refractivity contribution in [3.05, 3.63) is 66.2 Å². The highest BCUT2D eigenvalue weighted by Gasteiger charge is 2.33. The Morgan fingerprint density at radius 1 is 1.14 bits per heavy atom. The van der Waals surface area contributed by atoms with Gasteiger partial charge in [-0.15, -0.1) is 0 Å². The van der Waals surface area contributed by atoms with Crippen LogP contribution in [0.25, 0.3) is 11.3 Å². The van der Waals surface area contributed by atoms with Crippen LogP contribution in [-0.2, 0) is 13.0 Å². The molecule has 1 aliphatic heterocycles. The molecule has 6 nitrogen and oxygen atoms in total. The second-order valence-electron chi connectivity index (χ2n) is 7.44. The molecular formula is C22H25N3O3. The molecule has 1 fully saturated rings. The average molecular weight is 379 g/mol. The first kappa shape index (κ1) is 18.7. The summed E-state index contributed by atoms with van der Waals surface area (Å²) in [5.74, 6) is 1.49. The topological polar surface area (TPSA) is 71.6 Å². The van der Waals surface area contributed by atoms with Gasteiger partial charge >= 0.3 is 0 Å². The molecule has 3 aromatic rings. The van der Waals surface area contributed by atoms with E-state index in [4.69, 9.17) is 9.26 Å². The fourth-order valence-electron chi connectivity index (χ4n) is 3.69. The molecule has 146 valence electrons. The van der Waals surface area contributed by atoms with E-state index in [1.165, 1.54) is 5.56 Å². The molecular weight excluding hydrogens is 354 g/mol. The number of benzene rings is 1. The quantitative estimate of drug-likeness (QED) is 0.708. The summed E-state index contributed by atoms with van der Waals surface area (Å²) in [6.07, 6.45) is 5.55. The van der Waals surface area contributed by atoms with Gasteiger partial charge in [0.25, 0.3) is 0 Å². The molecule has 0 unspecified atom stereocenters. The van der Waals surface area contributed by atoms with E-state index in [0.717, 1.165) is 36.6 Å². The van der Waals surface area contributed by atoms with Crippen LogP contribution in [0.1, 0.15) is 24.2 Å². The molecule has 0 amide bonds. The van der Waals surface area contributed by atoms with Gasteiger partial charge in [-0.1, -0.05) is 17.3 Å². The summed E-state index contributed by atoms with van der Waals surface area (Å²) in [6.45, 7) is 2.60. The zero-order valence-electron chi connectivity index (χ0n) is 16.0. The number of aliphatic hydroxyl groups is 1. The number of nitrogens with zero attached hydrogens (tertiary/aromatic N) is 3. The van der Waals surface area contributed by atoms with E-state index >= 15 is 0 Å². The SMILES string of the molecule is COc1cccc(-c2cc(CC3(O)CCN(Cc4ccncc4)CC3)on2)c1. The maximum atomic E-state index is 11.0. The van der Waals surface area contributed by atoms with Gasteiger partial charge in [0.2, 0.25) is 0 Å². The van der Waals surface area contributed by atoms with Crippen molar-refractivity contribution in [1.29, 1.82) is 0 Å². The van der Waals surface area contributed by atoms with Crippen molar-refractivity contribution < 1.29 is 14.4 Å². The second-order valence-corrected chi connectivity index (χ2v) is 7.44. The smallest absolute Gasteiger partial charge is 0.140 e. The summed E-state index contributed by atoms with van der Waals surface area (Å²) >= 11 is 0. The molecule has 2 aromatic heterocycles. The van der Waals surface area contributed by atoms with E-state index in [2.05, 4.69) is 15.0 Å². The zero-order valence-corrected chi connectivity index (χ0v) is 16.0. The lowest BCUT2D eigenvalue weighted by molar-refractivity contribution is -0.0265. The van der Waals surface area contributed by atoms with Crippen LogP contribution >= 0.6 is 0 Å². The minimum atomic E-state index is -0.750. The molecule has 1 N–H and O–H groups in total. The molecule has 28 heavy (non-hydrogen) atoms. The zero-order chi connectivity index (χ0) is 19.4. The molecule has 6 heteroatoms. The van der Waals surface area contributed by atoms with Gasteiger partial charge in [0, 0.05) is 50.1 Å². The largest absolute Gasteiger partial charge is 0.497 e. The van der Waals surface area contributed by atoms with E-state index in [9.17, 15) is 5.11 Å². The molecule has 0 aliphatic carbocycles. The highest BCUT2D eigenvalue weighted by atomic mass is 16.5. The Bertz CT molecular complexity index is 902. The average Bonchev–Trinajstić information content (AvgIpc) is 3.19. The molecule has 0 radical (unpaired) electrons. The minimum Gasteiger partial charge on any atom is -0.497 e. The molecule has 0 bridgehead atoms. The third kappa shape index (κ3) is 4.40. The summed E-state index contributed by atoms with van der Waals surface area (Å²) in [7, 11) is 1.64. The summed E-state index contributed by atoms with van der Waals surface area (Å²) in [5, 5.41) is 15.2. The van der Waals surface area contributed by atoms with Gasteiger partial charge in [-0.2, -0.15) is 0 Å². The number of piperidine rings is 1. The number of hydrogen-bond acceptors (Lipinski definition) is 6. The molecule has 1 aromatic carbocycles. The standard InChI is InChI=1S/C22H25N3O3/c1-27-19-4-2-3-18(13-19)21-14-20(28-24-21)15-22(26)7-11-25(12-8-22)16-17-5-9-23-10-6-17/h2-6,9-10,13-14,26H,7-8,11-12,15-16H2,1H3. The maximum absolute atomic E-state index is 11.0. The van der Waals surface area contributed by atoms with Crippen molar-refractivity contribution in [3.63, 3.8) is 0 Å². The summed E-state index contributed by atoms with van der Waals surface area (Å²) < 4.78 is 10.8. The van der Waals surface area contributed by atoms with Crippen molar-refractivity contribution in [2.45, 2.75) is 31.4 Å². The summed E-state index contributed by atoms with van der Waals surface area (Å²) in [6, 6.07) is 13.7. The first-order valence-corrected chi connectivity index (χ1v) is 9.57. The van der Waals surface area contributed by atoms with Gasteiger partial charge in [-0.25, -0.2) is 0 Å². The number of hydrogen-bond donors (Lipinski definition) is 1. The number of likely N-dealkylation sites (tertiary alicyclic amines) is 1. The minimum absolute atomic E-state index is 0.479. The van der Waals surface area contributed by atoms with Gasteiger partial charge in [-0.05, 0) is 42.7 Å². The Labute approximate surface area is 164 Å². The number of rotatable bonds is 6. The van der Waals surface area contributed by atoms with Crippen LogP contribution in [0.15, 0.2) is 59.4 Å². The van der Waals surface area contributed by atoms with Crippen LogP contribution in [0.3, 0.4) is 0 Å². The van der Waals surface area contributed by atoms with Crippen molar-refractivity contribution in [3.8, 4) is 17.0 Å². The summed E-state index contributed by atoms with van der Waals surface area (Å²) in [5.41, 5.74) is 2.19. The van der Waals surface area contributed by atoms with Crippen LogP contribution < -0.4 is 4.74 Å². The summed E-state index contributed by atoms with van der Waals surface area (Å²) in [4.78, 5) is 6.43. The van der Waals surface area contributed by atoms with Crippen LogP contribution in [0.4, 0.5) is 0 Å². The highest BCUT2D eigenvalue weighted by molar-refractivity contribution is 5.60. The van der Waals surface area contributed by atoms with Crippen molar-refractivity contribution in [2.24, 2.45) is 0 Å². The molecule has 1 aliphatic rings. The lowest BCUT2D eigenvalue weighted by Gasteiger charge is -2.37. The predicted octanol–water partition coefficient (Wildman–Crippen LogP) is 3.31. The van der Waals surface area contributed by atoms with Crippen LogP contribution in [0.5, 0.6) is 5.75 Å². The monoisotopic (exact) mass is 379 g/mol. The molecule has 0 atom stereocenters. The maximum Gasteiger partial charge on any atom is 0.140 e. The van der Waals surface area contributed by atoms with Gasteiger partial charge in [0.15, 0.2) is 0 Å². The molecule has 3 heterocycles. The second kappa shape index (κ2) is 8.12.